The Kier molecular flexibility index (Phi) is 7.76. The molecule has 0 aliphatic heterocycles. The minimum Gasteiger partial charge on any atom is -0.480 e. The van der Waals surface area contributed by atoms with Crippen LogP contribution in [0.25, 0.3) is 11.0 Å². The van der Waals surface area contributed by atoms with Crippen molar-refractivity contribution in [2.75, 3.05) is 0 Å². The molecule has 0 bridgehead atoms. The molecule has 1 amide bonds. The molecule has 180 valence electrons. The van der Waals surface area contributed by atoms with Crippen molar-refractivity contribution in [3.63, 3.8) is 0 Å². The maximum Gasteiger partial charge on any atom is 0.340 e. The zero-order valence-electron chi connectivity index (χ0n) is 20.2. The fraction of sp³-hybridized carbons (Fsp3) is 0.370. The monoisotopic (exact) mass is 465 g/mol. The van der Waals surface area contributed by atoms with Crippen molar-refractivity contribution < 1.29 is 23.8 Å². The number of carbonyl (C=O) groups is 2. The number of rotatable bonds is 9. The molecule has 0 fully saturated rings. The molecule has 0 saturated heterocycles. The largest absolute Gasteiger partial charge is 0.480 e. The van der Waals surface area contributed by atoms with E-state index in [-0.39, 0.29) is 5.92 Å². The smallest absolute Gasteiger partial charge is 0.340 e. The lowest BCUT2D eigenvalue weighted by atomic mass is 9.98. The highest BCUT2D eigenvalue weighted by molar-refractivity contribution is 5.88. The molecule has 2 aromatic carbocycles. The first-order chi connectivity index (χ1) is 16.1. The van der Waals surface area contributed by atoms with Crippen molar-refractivity contribution in [2.45, 2.75) is 59.6 Å². The molecular weight excluding hydrogens is 434 g/mol. The van der Waals surface area contributed by atoms with Crippen LogP contribution in [0.5, 0.6) is 5.75 Å². The fourth-order valence-corrected chi connectivity index (χ4v) is 3.90. The summed E-state index contributed by atoms with van der Waals surface area (Å²) in [6, 6.07) is 12.3. The summed E-state index contributed by atoms with van der Waals surface area (Å²) in [6.07, 6.45) is 0.147. The highest BCUT2D eigenvalue weighted by Gasteiger charge is 2.28. The van der Waals surface area contributed by atoms with E-state index in [0.717, 1.165) is 16.5 Å². The Hall–Kier alpha value is -3.61. The van der Waals surface area contributed by atoms with E-state index >= 15 is 0 Å². The minimum absolute atomic E-state index is 0.224. The first-order valence-electron chi connectivity index (χ1n) is 11.4. The SMILES string of the molecule is CC[C@H](C)[C@H](NC(=O)C(C)Oc1ccc2c(C)c(Cc3ccccc3)c(=O)oc2c1C)C(=O)O. The topological polar surface area (TPSA) is 106 Å². The van der Waals surface area contributed by atoms with Gasteiger partial charge in [-0.3, -0.25) is 4.79 Å². The lowest BCUT2D eigenvalue weighted by Gasteiger charge is -2.23. The van der Waals surface area contributed by atoms with Gasteiger partial charge in [0.2, 0.25) is 0 Å². The Balaban J connectivity index is 1.86. The summed E-state index contributed by atoms with van der Waals surface area (Å²) in [4.78, 5) is 36.9. The van der Waals surface area contributed by atoms with Gasteiger partial charge in [-0.15, -0.1) is 0 Å². The molecule has 3 aromatic rings. The van der Waals surface area contributed by atoms with Gasteiger partial charge in [-0.05, 0) is 49.9 Å². The van der Waals surface area contributed by atoms with Crippen LogP contribution in [-0.4, -0.2) is 29.1 Å². The summed E-state index contributed by atoms with van der Waals surface area (Å²) in [5.74, 6) is -1.44. The number of carboxylic acids is 1. The van der Waals surface area contributed by atoms with E-state index < -0.39 is 29.6 Å². The lowest BCUT2D eigenvalue weighted by molar-refractivity contribution is -0.144. The Morgan fingerprint density at radius 3 is 2.35 bits per heavy atom. The number of aliphatic carboxylic acids is 1. The second-order valence-electron chi connectivity index (χ2n) is 8.69. The van der Waals surface area contributed by atoms with Gasteiger partial charge in [-0.1, -0.05) is 50.6 Å². The van der Waals surface area contributed by atoms with Crippen molar-refractivity contribution >= 4 is 22.8 Å². The Labute approximate surface area is 198 Å². The van der Waals surface area contributed by atoms with Gasteiger partial charge >= 0.3 is 11.6 Å². The van der Waals surface area contributed by atoms with Gasteiger partial charge in [0.25, 0.3) is 5.91 Å². The lowest BCUT2D eigenvalue weighted by Crippen LogP contribution is -2.49. The Morgan fingerprint density at radius 1 is 1.06 bits per heavy atom. The molecule has 3 atom stereocenters. The first-order valence-corrected chi connectivity index (χ1v) is 11.4. The number of benzene rings is 2. The van der Waals surface area contributed by atoms with E-state index in [1.807, 2.05) is 50.2 Å². The third-order valence-corrected chi connectivity index (χ3v) is 6.33. The number of carbonyl (C=O) groups excluding carboxylic acids is 1. The van der Waals surface area contributed by atoms with Gasteiger partial charge in [0.05, 0.1) is 0 Å². The standard InChI is InChI=1S/C27H31NO6/c1-6-15(2)23(26(30)31)28-25(29)18(5)33-22-13-12-20-16(3)21(14-19-10-8-7-9-11-19)27(32)34-24(20)17(22)4/h7-13,15,18,23H,6,14H2,1-5H3,(H,28,29)(H,30,31)/t15-,18?,23-/m0/s1. The maximum absolute atomic E-state index is 12.8. The number of ether oxygens (including phenoxy) is 1. The van der Waals surface area contributed by atoms with Gasteiger partial charge in [0.1, 0.15) is 17.4 Å². The van der Waals surface area contributed by atoms with E-state index in [9.17, 15) is 19.5 Å². The summed E-state index contributed by atoms with van der Waals surface area (Å²) in [7, 11) is 0. The molecule has 0 radical (unpaired) electrons. The van der Waals surface area contributed by atoms with Crippen LogP contribution in [0.2, 0.25) is 0 Å². The fourth-order valence-electron chi connectivity index (χ4n) is 3.90. The highest BCUT2D eigenvalue weighted by atomic mass is 16.5. The van der Waals surface area contributed by atoms with Crippen molar-refractivity contribution in [2.24, 2.45) is 5.92 Å². The minimum atomic E-state index is -1.08. The molecule has 0 aliphatic carbocycles. The second kappa shape index (κ2) is 10.5. The predicted octanol–water partition coefficient (Wildman–Crippen LogP) is 4.38. The van der Waals surface area contributed by atoms with Gasteiger partial charge in [-0.2, -0.15) is 0 Å². The van der Waals surface area contributed by atoms with E-state index in [0.29, 0.717) is 35.3 Å². The van der Waals surface area contributed by atoms with Crippen LogP contribution in [0.15, 0.2) is 51.7 Å². The molecule has 0 aliphatic rings. The molecule has 0 spiro atoms. The summed E-state index contributed by atoms with van der Waals surface area (Å²) in [5, 5.41) is 12.8. The number of amides is 1. The number of fused-ring (bicyclic) bond motifs is 1. The average molecular weight is 466 g/mol. The van der Waals surface area contributed by atoms with Gasteiger partial charge in [0.15, 0.2) is 6.10 Å². The normalized spacial score (nSPS) is 13.8. The van der Waals surface area contributed by atoms with Gasteiger partial charge in [0, 0.05) is 22.9 Å². The Morgan fingerprint density at radius 2 is 1.74 bits per heavy atom. The van der Waals surface area contributed by atoms with Gasteiger partial charge in [-0.25, -0.2) is 9.59 Å². The number of hydrogen-bond donors (Lipinski definition) is 2. The van der Waals surface area contributed by atoms with Crippen LogP contribution in [0.4, 0.5) is 0 Å². The van der Waals surface area contributed by atoms with Crippen LogP contribution in [0.3, 0.4) is 0 Å². The van der Waals surface area contributed by atoms with Crippen molar-refractivity contribution in [1.29, 1.82) is 0 Å². The van der Waals surface area contributed by atoms with E-state index in [1.165, 1.54) is 0 Å². The number of carboxylic acid groups (broad SMARTS) is 1. The summed E-state index contributed by atoms with van der Waals surface area (Å²) >= 11 is 0. The molecule has 2 N–H and O–H groups in total. The maximum atomic E-state index is 12.8. The molecule has 0 saturated carbocycles. The van der Waals surface area contributed by atoms with E-state index in [4.69, 9.17) is 9.15 Å². The molecule has 34 heavy (non-hydrogen) atoms. The molecule has 1 heterocycles. The van der Waals surface area contributed by atoms with Crippen molar-refractivity contribution in [1.82, 2.24) is 5.32 Å². The molecule has 7 heteroatoms. The molecular formula is C27H31NO6. The van der Waals surface area contributed by atoms with Crippen LogP contribution < -0.4 is 15.7 Å². The van der Waals surface area contributed by atoms with Crippen LogP contribution in [-0.2, 0) is 16.0 Å². The highest BCUT2D eigenvalue weighted by Crippen LogP contribution is 2.30. The number of hydrogen-bond acceptors (Lipinski definition) is 5. The zero-order valence-corrected chi connectivity index (χ0v) is 20.2. The summed E-state index contributed by atoms with van der Waals surface area (Å²) < 4.78 is 11.5. The first kappa shape index (κ1) is 25.0. The van der Waals surface area contributed by atoms with Gasteiger partial charge < -0.3 is 19.6 Å². The molecule has 1 unspecified atom stereocenters. The third kappa shape index (κ3) is 5.30. The third-order valence-electron chi connectivity index (χ3n) is 6.33. The molecule has 1 aromatic heterocycles. The summed E-state index contributed by atoms with van der Waals surface area (Å²) in [6.45, 7) is 8.86. The van der Waals surface area contributed by atoms with Crippen molar-refractivity contribution in [3.8, 4) is 5.75 Å². The zero-order chi connectivity index (χ0) is 25.0. The Bertz CT molecular complexity index is 1250. The van der Waals surface area contributed by atoms with E-state index in [1.54, 1.807) is 26.8 Å². The van der Waals surface area contributed by atoms with Crippen LogP contribution >= 0.6 is 0 Å². The van der Waals surface area contributed by atoms with E-state index in [2.05, 4.69) is 5.32 Å². The van der Waals surface area contributed by atoms with Crippen LogP contribution in [0, 0.1) is 19.8 Å². The quantitative estimate of drug-likeness (QED) is 0.454. The van der Waals surface area contributed by atoms with Crippen LogP contribution in [0.1, 0.15) is 49.4 Å². The second-order valence-corrected chi connectivity index (χ2v) is 8.69. The van der Waals surface area contributed by atoms with Crippen molar-refractivity contribution in [3.05, 3.63) is 75.1 Å². The predicted molar refractivity (Wildman–Crippen MR) is 130 cm³/mol. The molecule has 7 nitrogen and oxygen atoms in total. The average Bonchev–Trinajstić information content (AvgIpc) is 2.82. The number of aryl methyl sites for hydroxylation is 2. The molecule has 3 rings (SSSR count). The summed E-state index contributed by atoms with van der Waals surface area (Å²) in [5.41, 5.74) is 3.06. The number of nitrogens with one attached hydrogen (secondary N) is 1.